The Balaban J connectivity index is 1.66. The van der Waals surface area contributed by atoms with Gasteiger partial charge in [0.05, 0.1) is 23.3 Å². The predicted molar refractivity (Wildman–Crippen MR) is 132 cm³/mol. The lowest BCUT2D eigenvalue weighted by atomic mass is 10.1. The molecule has 0 radical (unpaired) electrons. The second-order valence-corrected chi connectivity index (χ2v) is 9.99. The van der Waals surface area contributed by atoms with Crippen LogP contribution in [-0.4, -0.2) is 51.4 Å². The summed E-state index contributed by atoms with van der Waals surface area (Å²) >= 11 is 2.83. The second kappa shape index (κ2) is 9.60. The molecule has 3 aromatic rings. The van der Waals surface area contributed by atoms with Gasteiger partial charge in [0.2, 0.25) is 5.91 Å². The van der Waals surface area contributed by atoms with Crippen molar-refractivity contribution >= 4 is 39.2 Å². The van der Waals surface area contributed by atoms with Gasteiger partial charge in [0.15, 0.2) is 5.16 Å². The predicted octanol–water partition coefficient (Wildman–Crippen LogP) is 4.35. The zero-order valence-corrected chi connectivity index (χ0v) is 20.2. The molecule has 0 aliphatic carbocycles. The maximum Gasteiger partial charge on any atom is 0.263 e. The number of carbonyl (C=O) groups excluding carboxylic acids is 1. The number of rotatable bonds is 6. The molecule has 1 fully saturated rings. The minimum absolute atomic E-state index is 0.0200. The Bertz CT molecular complexity index is 1190. The molecule has 0 N–H and O–H groups in total. The number of ether oxygens (including phenoxy) is 1. The van der Waals surface area contributed by atoms with Crippen molar-refractivity contribution in [3.8, 4) is 10.4 Å². The number of aryl methyl sites for hydroxylation is 1. The summed E-state index contributed by atoms with van der Waals surface area (Å²) in [7, 11) is 0. The van der Waals surface area contributed by atoms with E-state index >= 15 is 0 Å². The molecule has 8 heteroatoms. The number of hydrogen-bond acceptors (Lipinski definition) is 6. The summed E-state index contributed by atoms with van der Waals surface area (Å²) in [6.07, 6.45) is 1.73. The Hall–Kier alpha value is -2.42. The number of allylic oxidation sites excluding steroid dienone is 1. The highest BCUT2D eigenvalue weighted by atomic mass is 32.2. The van der Waals surface area contributed by atoms with Gasteiger partial charge in [-0.25, -0.2) is 4.98 Å². The average molecular weight is 470 g/mol. The van der Waals surface area contributed by atoms with E-state index in [1.807, 2.05) is 56.0 Å². The molecule has 0 saturated carbocycles. The third kappa shape index (κ3) is 4.53. The highest BCUT2D eigenvalue weighted by molar-refractivity contribution is 7.99. The van der Waals surface area contributed by atoms with Gasteiger partial charge in [0, 0.05) is 24.5 Å². The normalized spacial score (nSPS) is 18.8. The summed E-state index contributed by atoms with van der Waals surface area (Å²) in [4.78, 5) is 34.6. The number of thioether (sulfide) groups is 1. The molecule has 1 aliphatic heterocycles. The third-order valence-electron chi connectivity index (χ3n) is 5.46. The van der Waals surface area contributed by atoms with Crippen LogP contribution in [-0.2, 0) is 16.1 Å². The fourth-order valence-corrected chi connectivity index (χ4v) is 6.20. The van der Waals surface area contributed by atoms with E-state index in [0.29, 0.717) is 35.0 Å². The Morgan fingerprint density at radius 3 is 2.62 bits per heavy atom. The highest BCUT2D eigenvalue weighted by Crippen LogP contribution is 2.36. The average Bonchev–Trinajstić information content (AvgIpc) is 3.10. The third-order valence-corrected chi connectivity index (χ3v) is 7.66. The number of fused-ring (bicyclic) bond motifs is 1. The molecule has 32 heavy (non-hydrogen) atoms. The summed E-state index contributed by atoms with van der Waals surface area (Å²) in [5.74, 6) is 0.258. The van der Waals surface area contributed by atoms with Gasteiger partial charge in [-0.05, 0) is 31.9 Å². The van der Waals surface area contributed by atoms with Gasteiger partial charge in [0.1, 0.15) is 4.83 Å². The molecule has 3 heterocycles. The first-order valence-corrected chi connectivity index (χ1v) is 12.5. The fraction of sp³-hybridized carbons (Fsp3) is 0.375. The molecule has 1 aliphatic rings. The first kappa shape index (κ1) is 22.8. The minimum Gasteiger partial charge on any atom is -0.372 e. The zero-order valence-electron chi connectivity index (χ0n) is 18.5. The van der Waals surface area contributed by atoms with E-state index in [1.165, 1.54) is 23.1 Å². The first-order valence-electron chi connectivity index (χ1n) is 10.6. The van der Waals surface area contributed by atoms with E-state index in [4.69, 9.17) is 9.72 Å². The molecule has 6 nitrogen and oxygen atoms in total. The van der Waals surface area contributed by atoms with Crippen molar-refractivity contribution in [2.45, 2.75) is 44.7 Å². The standard InChI is InChI=1S/C24H27N3O3S2/c1-5-11-27-23(29)20-17(4)21(18-9-7-6-8-10-18)32-22(20)25-24(27)31-14-19(28)26-12-15(2)30-16(3)13-26/h5-10,15-16H,1,11-14H2,2-4H3. The molecule has 2 unspecified atom stereocenters. The van der Waals surface area contributed by atoms with Crippen LogP contribution in [0.2, 0.25) is 0 Å². The molecule has 0 spiro atoms. The van der Waals surface area contributed by atoms with Crippen LogP contribution >= 0.6 is 23.1 Å². The van der Waals surface area contributed by atoms with Crippen LogP contribution < -0.4 is 5.56 Å². The van der Waals surface area contributed by atoms with E-state index in [9.17, 15) is 9.59 Å². The summed E-state index contributed by atoms with van der Waals surface area (Å²) in [5.41, 5.74) is 1.92. The second-order valence-electron chi connectivity index (χ2n) is 8.05. The van der Waals surface area contributed by atoms with Crippen LogP contribution in [0.25, 0.3) is 20.7 Å². The molecule has 1 aromatic carbocycles. The van der Waals surface area contributed by atoms with Gasteiger partial charge in [-0.15, -0.1) is 17.9 Å². The van der Waals surface area contributed by atoms with E-state index in [-0.39, 0.29) is 29.4 Å². The number of carbonyl (C=O) groups is 1. The quantitative estimate of drug-likeness (QED) is 0.305. The number of aromatic nitrogens is 2. The topological polar surface area (TPSA) is 64.4 Å². The fourth-order valence-electron chi connectivity index (χ4n) is 4.06. The Morgan fingerprint density at radius 1 is 1.28 bits per heavy atom. The van der Waals surface area contributed by atoms with Crippen molar-refractivity contribution < 1.29 is 9.53 Å². The molecule has 1 amide bonds. The Labute approximate surface area is 195 Å². The van der Waals surface area contributed by atoms with Gasteiger partial charge in [-0.3, -0.25) is 14.2 Å². The van der Waals surface area contributed by atoms with Crippen molar-refractivity contribution in [3.63, 3.8) is 0 Å². The number of benzene rings is 1. The molecule has 0 bridgehead atoms. The monoisotopic (exact) mass is 469 g/mol. The molecule has 1 saturated heterocycles. The lowest BCUT2D eigenvalue weighted by Gasteiger charge is -2.35. The number of nitrogens with zero attached hydrogens (tertiary/aromatic N) is 3. The lowest BCUT2D eigenvalue weighted by molar-refractivity contribution is -0.140. The maximum absolute atomic E-state index is 13.4. The van der Waals surface area contributed by atoms with Crippen molar-refractivity contribution in [1.29, 1.82) is 0 Å². The van der Waals surface area contributed by atoms with E-state index in [2.05, 4.69) is 6.58 Å². The number of thiophene rings is 1. The smallest absolute Gasteiger partial charge is 0.263 e. The largest absolute Gasteiger partial charge is 0.372 e. The molecule has 4 rings (SSSR count). The molecular formula is C24H27N3O3S2. The molecule has 168 valence electrons. The summed E-state index contributed by atoms with van der Waals surface area (Å²) in [6, 6.07) is 10.0. The van der Waals surface area contributed by atoms with Crippen molar-refractivity contribution in [2.24, 2.45) is 0 Å². The lowest BCUT2D eigenvalue weighted by Crippen LogP contribution is -2.48. The Morgan fingerprint density at radius 2 is 1.97 bits per heavy atom. The Kier molecular flexibility index (Phi) is 6.83. The van der Waals surface area contributed by atoms with Crippen LogP contribution in [0.5, 0.6) is 0 Å². The summed E-state index contributed by atoms with van der Waals surface area (Å²) in [6.45, 7) is 11.2. The highest BCUT2D eigenvalue weighted by Gasteiger charge is 2.26. The SMILES string of the molecule is C=CCn1c(SCC(=O)N2CC(C)OC(C)C2)nc2sc(-c3ccccc3)c(C)c2c1=O. The summed E-state index contributed by atoms with van der Waals surface area (Å²) < 4.78 is 7.34. The van der Waals surface area contributed by atoms with Crippen LogP contribution in [0.4, 0.5) is 0 Å². The summed E-state index contributed by atoms with van der Waals surface area (Å²) in [5, 5.41) is 1.19. The molecular weight excluding hydrogens is 442 g/mol. The van der Waals surface area contributed by atoms with Crippen molar-refractivity contribution in [1.82, 2.24) is 14.5 Å². The van der Waals surface area contributed by atoms with Gasteiger partial charge < -0.3 is 9.64 Å². The van der Waals surface area contributed by atoms with Gasteiger partial charge in [-0.2, -0.15) is 0 Å². The maximum atomic E-state index is 13.4. The van der Waals surface area contributed by atoms with Gasteiger partial charge >= 0.3 is 0 Å². The van der Waals surface area contributed by atoms with Crippen molar-refractivity contribution in [2.75, 3.05) is 18.8 Å². The van der Waals surface area contributed by atoms with Gasteiger partial charge in [-0.1, -0.05) is 48.2 Å². The van der Waals surface area contributed by atoms with Crippen molar-refractivity contribution in [3.05, 3.63) is 58.9 Å². The van der Waals surface area contributed by atoms with E-state index in [0.717, 1.165) is 16.0 Å². The molecule has 2 atom stereocenters. The van der Waals surface area contributed by atoms with E-state index < -0.39 is 0 Å². The first-order chi connectivity index (χ1) is 15.4. The zero-order chi connectivity index (χ0) is 22.8. The number of morpholine rings is 1. The minimum atomic E-state index is -0.0885. The van der Waals surface area contributed by atoms with Crippen LogP contribution in [0.3, 0.4) is 0 Å². The molecule has 2 aromatic heterocycles. The van der Waals surface area contributed by atoms with Crippen LogP contribution in [0.1, 0.15) is 19.4 Å². The van der Waals surface area contributed by atoms with Gasteiger partial charge in [0.25, 0.3) is 5.56 Å². The van der Waals surface area contributed by atoms with Crippen LogP contribution in [0.15, 0.2) is 52.9 Å². The van der Waals surface area contributed by atoms with Crippen LogP contribution in [0, 0.1) is 6.92 Å². The number of amides is 1. The van der Waals surface area contributed by atoms with E-state index in [1.54, 1.807) is 10.6 Å². The number of hydrogen-bond donors (Lipinski definition) is 0.